The summed E-state index contributed by atoms with van der Waals surface area (Å²) in [6.07, 6.45) is 4.35. The maximum Gasteiger partial charge on any atom is 0.119 e. The molecule has 4 heteroatoms. The minimum Gasteiger partial charge on any atom is -0.491 e. The highest BCUT2D eigenvalue weighted by atomic mass is 32.3. The summed E-state index contributed by atoms with van der Waals surface area (Å²) in [4.78, 5) is 0. The Balaban J connectivity index is 2.37. The Morgan fingerprint density at radius 2 is 1.68 bits per heavy atom. The summed E-state index contributed by atoms with van der Waals surface area (Å²) in [5.41, 5.74) is 0.641. The molecule has 106 valence electrons. The topological polar surface area (TPSA) is 42.2 Å². The first-order chi connectivity index (χ1) is 8.76. The zero-order valence-corrected chi connectivity index (χ0v) is 13.2. The number of hydrogen-bond acceptors (Lipinski definition) is 3. The Labute approximate surface area is 118 Å². The van der Waals surface area contributed by atoms with Crippen LogP contribution >= 0.6 is 10.3 Å². The van der Waals surface area contributed by atoms with Crippen LogP contribution in [0.15, 0.2) is 24.3 Å². The summed E-state index contributed by atoms with van der Waals surface area (Å²) in [7, 11) is -1.09. The van der Waals surface area contributed by atoms with Crippen molar-refractivity contribution < 1.29 is 8.92 Å². The summed E-state index contributed by atoms with van der Waals surface area (Å²) in [6.45, 7) is 7.70. The Morgan fingerprint density at radius 1 is 1.11 bits per heavy atom. The van der Waals surface area contributed by atoms with E-state index >= 15 is 0 Å². The highest BCUT2D eigenvalue weighted by molar-refractivity contribution is 8.29. The van der Waals surface area contributed by atoms with Crippen molar-refractivity contribution in [2.75, 3.05) is 25.7 Å². The number of benzene rings is 1. The van der Waals surface area contributed by atoms with Crippen molar-refractivity contribution in [2.24, 2.45) is 0 Å². The maximum absolute atomic E-state index is 8.70. The second-order valence-electron chi connectivity index (χ2n) is 5.65. The molecule has 0 N–H and O–H groups in total. The molecule has 1 rings (SSSR count). The molecule has 0 fully saturated rings. The van der Waals surface area contributed by atoms with Gasteiger partial charge in [0.1, 0.15) is 12.4 Å². The van der Waals surface area contributed by atoms with Crippen LogP contribution in [-0.2, 0) is 4.18 Å². The summed E-state index contributed by atoms with van der Waals surface area (Å²) in [6, 6.07) is 9.19. The Hall–Kier alpha value is -1.18. The maximum atomic E-state index is 8.70. The molecule has 19 heavy (non-hydrogen) atoms. The lowest BCUT2D eigenvalue weighted by Crippen LogP contribution is -2.26. The van der Waals surface area contributed by atoms with Crippen LogP contribution in [0.4, 0.5) is 0 Å². The van der Waals surface area contributed by atoms with Crippen molar-refractivity contribution in [3.05, 3.63) is 29.8 Å². The molecule has 0 saturated carbocycles. The van der Waals surface area contributed by atoms with Gasteiger partial charge in [-0.15, -0.1) is 10.3 Å². The van der Waals surface area contributed by atoms with Gasteiger partial charge < -0.3 is 8.92 Å². The molecule has 1 aromatic rings. The summed E-state index contributed by atoms with van der Waals surface area (Å²) in [5.74, 6) is 0.770. The molecule has 0 aliphatic carbocycles. The van der Waals surface area contributed by atoms with Crippen molar-refractivity contribution in [1.29, 1.82) is 5.26 Å². The average Bonchev–Trinajstić information content (AvgIpc) is 2.34. The molecular formula is C15H23NO2S. The fourth-order valence-corrected chi connectivity index (χ4v) is 2.04. The van der Waals surface area contributed by atoms with E-state index in [-0.39, 0.29) is 4.75 Å². The molecule has 0 bridgehead atoms. The van der Waals surface area contributed by atoms with E-state index in [1.165, 1.54) is 0 Å². The minimum atomic E-state index is -1.09. The van der Waals surface area contributed by atoms with Gasteiger partial charge in [-0.1, -0.05) is 20.8 Å². The van der Waals surface area contributed by atoms with Crippen LogP contribution in [0.1, 0.15) is 26.3 Å². The molecule has 0 heterocycles. The zero-order chi connectivity index (χ0) is 14.5. The molecule has 0 aromatic heterocycles. The molecule has 0 spiro atoms. The standard InChI is InChI=1S/C15H23NO2S/c1-15(2,3)19(4,5)18-11-10-17-14-8-6-13(12-16)7-9-14/h6-9H,10-11H2,1-5H3. The summed E-state index contributed by atoms with van der Waals surface area (Å²) >= 11 is 0. The molecule has 0 radical (unpaired) electrons. The minimum absolute atomic E-state index is 0.168. The molecule has 1 aromatic carbocycles. The van der Waals surface area contributed by atoms with Crippen LogP contribution in [-0.4, -0.2) is 30.5 Å². The third-order valence-corrected chi connectivity index (χ3v) is 6.89. The van der Waals surface area contributed by atoms with Crippen molar-refractivity contribution >= 4 is 10.3 Å². The van der Waals surface area contributed by atoms with Crippen molar-refractivity contribution in [2.45, 2.75) is 25.5 Å². The summed E-state index contributed by atoms with van der Waals surface area (Å²) in [5, 5.41) is 8.70. The third kappa shape index (κ3) is 4.77. The Kier molecular flexibility index (Phi) is 5.28. The van der Waals surface area contributed by atoms with Crippen LogP contribution in [0, 0.1) is 11.3 Å². The van der Waals surface area contributed by atoms with Gasteiger partial charge in [0, 0.05) is 4.75 Å². The quantitative estimate of drug-likeness (QED) is 0.772. The number of hydrogen-bond donors (Lipinski definition) is 0. The van der Waals surface area contributed by atoms with E-state index in [1.54, 1.807) is 24.3 Å². The number of nitrogens with zero attached hydrogens (tertiary/aromatic N) is 1. The van der Waals surface area contributed by atoms with Gasteiger partial charge in [-0.25, -0.2) is 0 Å². The van der Waals surface area contributed by atoms with Gasteiger partial charge >= 0.3 is 0 Å². The van der Waals surface area contributed by atoms with E-state index in [1.807, 2.05) is 0 Å². The zero-order valence-electron chi connectivity index (χ0n) is 12.4. The fraction of sp³-hybridized carbons (Fsp3) is 0.533. The Morgan fingerprint density at radius 3 is 2.16 bits per heavy atom. The van der Waals surface area contributed by atoms with Crippen molar-refractivity contribution in [3.63, 3.8) is 0 Å². The SMILES string of the molecule is CC(C)(C)S(C)(C)OCCOc1ccc(C#N)cc1. The van der Waals surface area contributed by atoms with Crippen LogP contribution in [0.3, 0.4) is 0 Å². The van der Waals surface area contributed by atoms with E-state index in [9.17, 15) is 0 Å². The normalized spacial score (nSPS) is 12.8. The van der Waals surface area contributed by atoms with Gasteiger partial charge in [-0.3, -0.25) is 0 Å². The number of nitriles is 1. The van der Waals surface area contributed by atoms with Crippen LogP contribution in [0.2, 0.25) is 0 Å². The van der Waals surface area contributed by atoms with Crippen molar-refractivity contribution in [1.82, 2.24) is 0 Å². The van der Waals surface area contributed by atoms with Crippen LogP contribution in [0.5, 0.6) is 5.75 Å². The lowest BCUT2D eigenvalue weighted by molar-refractivity contribution is 0.230. The molecule has 0 saturated heterocycles. The van der Waals surface area contributed by atoms with Crippen LogP contribution in [0.25, 0.3) is 0 Å². The van der Waals surface area contributed by atoms with E-state index in [2.05, 4.69) is 39.4 Å². The highest BCUT2D eigenvalue weighted by Crippen LogP contribution is 2.53. The van der Waals surface area contributed by atoms with Crippen molar-refractivity contribution in [3.8, 4) is 11.8 Å². The second kappa shape index (κ2) is 6.31. The van der Waals surface area contributed by atoms with Crippen LogP contribution < -0.4 is 4.74 Å². The molecule has 0 amide bonds. The highest BCUT2D eigenvalue weighted by Gasteiger charge is 2.28. The number of ether oxygens (including phenoxy) is 1. The second-order valence-corrected chi connectivity index (χ2v) is 9.58. The molecule has 0 aliphatic heterocycles. The summed E-state index contributed by atoms with van der Waals surface area (Å²) < 4.78 is 11.7. The predicted octanol–water partition coefficient (Wildman–Crippen LogP) is 3.73. The fourth-order valence-electron chi connectivity index (χ4n) is 1.20. The van der Waals surface area contributed by atoms with E-state index < -0.39 is 10.3 Å². The van der Waals surface area contributed by atoms with Gasteiger partial charge in [0.15, 0.2) is 0 Å². The monoisotopic (exact) mass is 281 g/mol. The van der Waals surface area contributed by atoms with Gasteiger partial charge in [0.05, 0.1) is 18.2 Å². The average molecular weight is 281 g/mol. The first-order valence-electron chi connectivity index (χ1n) is 6.26. The molecule has 0 atom stereocenters. The third-order valence-electron chi connectivity index (χ3n) is 3.19. The Bertz CT molecular complexity index is 441. The lowest BCUT2D eigenvalue weighted by Gasteiger charge is -2.43. The smallest absolute Gasteiger partial charge is 0.119 e. The lowest BCUT2D eigenvalue weighted by atomic mass is 10.2. The van der Waals surface area contributed by atoms with E-state index in [0.717, 1.165) is 5.75 Å². The first-order valence-corrected chi connectivity index (χ1v) is 8.64. The largest absolute Gasteiger partial charge is 0.491 e. The molecule has 0 aliphatic rings. The molecular weight excluding hydrogens is 258 g/mol. The van der Waals surface area contributed by atoms with Gasteiger partial charge in [-0.05, 0) is 36.8 Å². The molecule has 0 unspecified atom stereocenters. The van der Waals surface area contributed by atoms with E-state index in [0.29, 0.717) is 18.8 Å². The first kappa shape index (κ1) is 15.9. The van der Waals surface area contributed by atoms with E-state index in [4.69, 9.17) is 14.2 Å². The van der Waals surface area contributed by atoms with Gasteiger partial charge in [-0.2, -0.15) is 5.26 Å². The molecule has 3 nitrogen and oxygen atoms in total. The number of rotatable bonds is 5. The van der Waals surface area contributed by atoms with Gasteiger partial charge in [0.2, 0.25) is 0 Å². The van der Waals surface area contributed by atoms with Gasteiger partial charge in [0.25, 0.3) is 0 Å². The predicted molar refractivity (Wildman–Crippen MR) is 81.8 cm³/mol.